The van der Waals surface area contributed by atoms with Crippen LogP contribution in [-0.4, -0.2) is 62.0 Å². The highest BCUT2D eigenvalue weighted by Crippen LogP contribution is 2.25. The summed E-state index contributed by atoms with van der Waals surface area (Å²) in [6.07, 6.45) is -0.476. The highest BCUT2D eigenvalue weighted by molar-refractivity contribution is 5.46. The van der Waals surface area contributed by atoms with Crippen molar-refractivity contribution in [2.24, 2.45) is 0 Å². The molecule has 4 heteroatoms. The number of piperazine rings is 1. The van der Waals surface area contributed by atoms with E-state index in [9.17, 15) is 5.11 Å². The number of anilines is 1. The first-order valence-corrected chi connectivity index (χ1v) is 11.2. The van der Waals surface area contributed by atoms with E-state index in [1.54, 1.807) is 0 Å². The third-order valence-corrected chi connectivity index (χ3v) is 5.96. The second-order valence-electron chi connectivity index (χ2n) is 8.19. The van der Waals surface area contributed by atoms with Crippen molar-refractivity contribution in [2.45, 2.75) is 12.0 Å². The molecule has 0 aliphatic carbocycles. The molecule has 31 heavy (non-hydrogen) atoms. The van der Waals surface area contributed by atoms with E-state index in [4.69, 9.17) is 4.74 Å². The lowest BCUT2D eigenvalue weighted by molar-refractivity contribution is 0.0136. The lowest BCUT2D eigenvalue weighted by Gasteiger charge is -2.36. The number of hydrogen-bond acceptors (Lipinski definition) is 4. The molecular weight excluding hydrogens is 384 g/mol. The Kier molecular flexibility index (Phi) is 7.72. The van der Waals surface area contributed by atoms with Gasteiger partial charge in [-0.05, 0) is 23.3 Å². The van der Waals surface area contributed by atoms with Gasteiger partial charge in [0.25, 0.3) is 0 Å². The number of para-hydroxylation sites is 1. The Bertz CT molecular complexity index is 841. The van der Waals surface area contributed by atoms with E-state index in [0.29, 0.717) is 19.8 Å². The molecule has 162 valence electrons. The van der Waals surface area contributed by atoms with E-state index in [-0.39, 0.29) is 5.92 Å². The SMILES string of the molecule is O[C@@H](COCC(c1ccccc1)c1ccccc1)CN1CCN(c2ccccc2)CC1. The Balaban J connectivity index is 1.24. The van der Waals surface area contributed by atoms with Crippen molar-refractivity contribution in [3.05, 3.63) is 102 Å². The van der Waals surface area contributed by atoms with Crippen molar-refractivity contribution in [1.29, 1.82) is 0 Å². The van der Waals surface area contributed by atoms with Crippen LogP contribution in [0.15, 0.2) is 91.0 Å². The molecular formula is C27H32N2O2. The minimum Gasteiger partial charge on any atom is -0.389 e. The van der Waals surface area contributed by atoms with Gasteiger partial charge in [0.05, 0.1) is 19.3 Å². The molecule has 1 heterocycles. The number of aliphatic hydroxyl groups is 1. The van der Waals surface area contributed by atoms with Gasteiger partial charge in [0.2, 0.25) is 0 Å². The first kappa shape index (κ1) is 21.6. The molecule has 3 aromatic carbocycles. The molecule has 1 atom stereocenters. The first-order chi connectivity index (χ1) is 15.3. The van der Waals surface area contributed by atoms with Crippen molar-refractivity contribution in [2.75, 3.05) is 50.8 Å². The summed E-state index contributed by atoms with van der Waals surface area (Å²) in [6.45, 7) is 5.47. The maximum atomic E-state index is 10.6. The maximum Gasteiger partial charge on any atom is 0.0900 e. The predicted octanol–water partition coefficient (Wildman–Crippen LogP) is 4.02. The summed E-state index contributed by atoms with van der Waals surface area (Å²) in [5, 5.41) is 10.6. The van der Waals surface area contributed by atoms with Gasteiger partial charge in [0, 0.05) is 44.3 Å². The van der Waals surface area contributed by atoms with Crippen molar-refractivity contribution < 1.29 is 9.84 Å². The molecule has 1 saturated heterocycles. The lowest BCUT2D eigenvalue weighted by Crippen LogP contribution is -2.49. The van der Waals surface area contributed by atoms with Crippen LogP contribution in [0.2, 0.25) is 0 Å². The predicted molar refractivity (Wildman–Crippen MR) is 127 cm³/mol. The fourth-order valence-corrected chi connectivity index (χ4v) is 4.26. The highest BCUT2D eigenvalue weighted by atomic mass is 16.5. The average molecular weight is 417 g/mol. The van der Waals surface area contributed by atoms with Crippen LogP contribution in [0.3, 0.4) is 0 Å². The third-order valence-electron chi connectivity index (χ3n) is 5.96. The van der Waals surface area contributed by atoms with Crippen molar-refractivity contribution in [3.8, 4) is 0 Å². The summed E-state index contributed by atoms with van der Waals surface area (Å²) >= 11 is 0. The molecule has 1 fully saturated rings. The summed E-state index contributed by atoms with van der Waals surface area (Å²) in [7, 11) is 0. The standard InChI is InChI=1S/C27H32N2O2/c30-26(20-28-16-18-29(19-17-28)25-14-8-3-9-15-25)21-31-22-27(23-10-4-1-5-11-23)24-12-6-2-7-13-24/h1-15,26-27,30H,16-22H2/t26-/m1/s1. The Morgan fingerprint density at radius 2 is 1.19 bits per heavy atom. The fraction of sp³-hybridized carbons (Fsp3) is 0.333. The highest BCUT2D eigenvalue weighted by Gasteiger charge is 2.20. The Labute approximate surface area is 185 Å². The monoisotopic (exact) mass is 416 g/mol. The molecule has 3 aromatic rings. The van der Waals surface area contributed by atoms with Gasteiger partial charge in [-0.15, -0.1) is 0 Å². The fourth-order valence-electron chi connectivity index (χ4n) is 4.26. The number of ether oxygens (including phenoxy) is 1. The molecule has 0 spiro atoms. The molecule has 0 amide bonds. The van der Waals surface area contributed by atoms with Crippen LogP contribution in [0, 0.1) is 0 Å². The van der Waals surface area contributed by atoms with Crippen molar-refractivity contribution >= 4 is 5.69 Å². The topological polar surface area (TPSA) is 35.9 Å². The van der Waals surface area contributed by atoms with E-state index < -0.39 is 6.10 Å². The van der Waals surface area contributed by atoms with Gasteiger partial charge >= 0.3 is 0 Å². The average Bonchev–Trinajstić information content (AvgIpc) is 2.84. The van der Waals surface area contributed by atoms with Crippen LogP contribution in [0.4, 0.5) is 5.69 Å². The molecule has 0 saturated carbocycles. The van der Waals surface area contributed by atoms with Crippen molar-refractivity contribution in [1.82, 2.24) is 4.90 Å². The summed E-state index contributed by atoms with van der Waals surface area (Å²) in [6, 6.07) is 31.4. The van der Waals surface area contributed by atoms with E-state index >= 15 is 0 Å². The molecule has 0 aromatic heterocycles. The molecule has 0 radical (unpaired) electrons. The van der Waals surface area contributed by atoms with Gasteiger partial charge in [-0.25, -0.2) is 0 Å². The number of aliphatic hydroxyl groups excluding tert-OH is 1. The van der Waals surface area contributed by atoms with Gasteiger partial charge in [-0.1, -0.05) is 78.9 Å². The quantitative estimate of drug-likeness (QED) is 0.572. The Hall–Kier alpha value is -2.66. The van der Waals surface area contributed by atoms with Gasteiger partial charge in [-0.3, -0.25) is 4.90 Å². The number of hydrogen-bond donors (Lipinski definition) is 1. The molecule has 0 unspecified atom stereocenters. The Morgan fingerprint density at radius 1 is 0.677 bits per heavy atom. The summed E-state index contributed by atoms with van der Waals surface area (Å²) in [4.78, 5) is 4.74. The zero-order valence-electron chi connectivity index (χ0n) is 18.0. The van der Waals surface area contributed by atoms with Crippen molar-refractivity contribution in [3.63, 3.8) is 0 Å². The normalized spacial score (nSPS) is 15.9. The van der Waals surface area contributed by atoms with Crippen LogP contribution in [0.25, 0.3) is 0 Å². The van der Waals surface area contributed by atoms with Crippen LogP contribution in [0.5, 0.6) is 0 Å². The zero-order chi connectivity index (χ0) is 21.3. The van der Waals surface area contributed by atoms with Gasteiger partial charge < -0.3 is 14.7 Å². The lowest BCUT2D eigenvalue weighted by atomic mass is 9.92. The number of rotatable bonds is 9. The number of β-amino-alcohol motifs (C(OH)–C–C–N with tert-alkyl or cyclic N) is 1. The minimum absolute atomic E-state index is 0.170. The van der Waals surface area contributed by atoms with E-state index in [0.717, 1.165) is 26.2 Å². The van der Waals surface area contributed by atoms with E-state index in [2.05, 4.69) is 88.7 Å². The third kappa shape index (κ3) is 6.17. The molecule has 1 aliphatic rings. The smallest absolute Gasteiger partial charge is 0.0900 e. The molecule has 4 rings (SSSR count). The molecule has 1 N–H and O–H groups in total. The van der Waals surface area contributed by atoms with Crippen LogP contribution < -0.4 is 4.90 Å². The Morgan fingerprint density at radius 3 is 1.74 bits per heavy atom. The maximum absolute atomic E-state index is 10.6. The van der Waals surface area contributed by atoms with Gasteiger partial charge in [0.1, 0.15) is 0 Å². The molecule has 0 bridgehead atoms. The second-order valence-corrected chi connectivity index (χ2v) is 8.19. The number of benzene rings is 3. The summed E-state index contributed by atoms with van der Waals surface area (Å²) < 4.78 is 6.01. The largest absolute Gasteiger partial charge is 0.389 e. The van der Waals surface area contributed by atoms with Crippen LogP contribution in [0.1, 0.15) is 17.0 Å². The zero-order valence-corrected chi connectivity index (χ0v) is 18.0. The summed E-state index contributed by atoms with van der Waals surface area (Å²) in [5.41, 5.74) is 3.75. The van der Waals surface area contributed by atoms with Gasteiger partial charge in [-0.2, -0.15) is 0 Å². The second kappa shape index (κ2) is 11.1. The molecule has 1 aliphatic heterocycles. The van der Waals surface area contributed by atoms with Crippen LogP contribution in [-0.2, 0) is 4.74 Å². The van der Waals surface area contributed by atoms with Crippen LogP contribution >= 0.6 is 0 Å². The summed E-state index contributed by atoms with van der Waals surface area (Å²) in [5.74, 6) is 0.170. The van der Waals surface area contributed by atoms with E-state index in [1.165, 1.54) is 16.8 Å². The number of nitrogens with zero attached hydrogens (tertiary/aromatic N) is 2. The first-order valence-electron chi connectivity index (χ1n) is 11.2. The minimum atomic E-state index is -0.476. The molecule has 4 nitrogen and oxygen atoms in total. The van der Waals surface area contributed by atoms with Gasteiger partial charge in [0.15, 0.2) is 0 Å². The van der Waals surface area contributed by atoms with E-state index in [1.807, 2.05) is 12.1 Å².